The summed E-state index contributed by atoms with van der Waals surface area (Å²) in [7, 11) is 0. The molecule has 2 aliphatic rings. The van der Waals surface area contributed by atoms with Crippen molar-refractivity contribution in [3.05, 3.63) is 35.4 Å². The number of ketones is 2. The van der Waals surface area contributed by atoms with Crippen LogP contribution in [0, 0.1) is 5.92 Å². The quantitative estimate of drug-likeness (QED) is 0.473. The van der Waals surface area contributed by atoms with Gasteiger partial charge in [0.2, 0.25) is 0 Å². The number of carbonyl (C=O) groups is 2. The maximum atomic E-state index is 11.4. The second kappa shape index (κ2) is 18.2. The van der Waals surface area contributed by atoms with E-state index in [0.29, 0.717) is 17.5 Å². The first kappa shape index (κ1) is 29.3. The van der Waals surface area contributed by atoms with Gasteiger partial charge in [-0.1, -0.05) is 91.5 Å². The number of hydrogen-bond donors (Lipinski definition) is 0. The molecular formula is C25H42O2V. The van der Waals surface area contributed by atoms with Crippen LogP contribution >= 0.6 is 0 Å². The largest absolute Gasteiger partial charge is 0.299 e. The molecule has 0 N–H and O–H groups in total. The molecule has 2 nitrogen and oxygen atoms in total. The van der Waals surface area contributed by atoms with E-state index >= 15 is 0 Å². The third-order valence-corrected chi connectivity index (χ3v) is 5.01. The average molecular weight is 426 g/mol. The summed E-state index contributed by atoms with van der Waals surface area (Å²) in [5.74, 6) is 1.34. The molecule has 159 valence electrons. The van der Waals surface area contributed by atoms with Gasteiger partial charge in [0, 0.05) is 43.2 Å². The molecule has 2 atom stereocenters. The summed E-state index contributed by atoms with van der Waals surface area (Å²) in [6.45, 7) is 12.6. The molecule has 28 heavy (non-hydrogen) atoms. The molecule has 0 spiro atoms. The predicted octanol–water partition coefficient (Wildman–Crippen LogP) is 7.29. The van der Waals surface area contributed by atoms with Crippen molar-refractivity contribution in [3.63, 3.8) is 0 Å². The number of hydrogen-bond acceptors (Lipinski definition) is 2. The van der Waals surface area contributed by atoms with E-state index < -0.39 is 0 Å². The Morgan fingerprint density at radius 3 is 1.86 bits per heavy atom. The summed E-state index contributed by atoms with van der Waals surface area (Å²) in [6, 6.07) is 8.24. The Kier molecular flexibility index (Phi) is 19.1. The number of benzene rings is 1. The predicted molar refractivity (Wildman–Crippen MR) is 117 cm³/mol. The Morgan fingerprint density at radius 2 is 1.39 bits per heavy atom. The smallest absolute Gasteiger partial charge is 0.140 e. The minimum absolute atomic E-state index is 0. The summed E-state index contributed by atoms with van der Waals surface area (Å²) in [6.07, 6.45) is 9.88. The second-order valence-corrected chi connectivity index (χ2v) is 7.71. The molecule has 1 aromatic rings. The van der Waals surface area contributed by atoms with Crippen LogP contribution in [0.4, 0.5) is 0 Å². The summed E-state index contributed by atoms with van der Waals surface area (Å²) in [5, 5.41) is 0. The van der Waals surface area contributed by atoms with Crippen LogP contribution in [-0.4, -0.2) is 11.6 Å². The van der Waals surface area contributed by atoms with Gasteiger partial charge >= 0.3 is 0 Å². The zero-order valence-electron chi connectivity index (χ0n) is 19.1. The van der Waals surface area contributed by atoms with Gasteiger partial charge in [-0.05, 0) is 30.4 Å². The van der Waals surface area contributed by atoms with E-state index in [1.165, 1.54) is 36.8 Å². The van der Waals surface area contributed by atoms with Gasteiger partial charge in [-0.25, -0.2) is 0 Å². The van der Waals surface area contributed by atoms with Crippen molar-refractivity contribution in [2.45, 2.75) is 105 Å². The maximum Gasteiger partial charge on any atom is 0.140 e. The van der Waals surface area contributed by atoms with Crippen LogP contribution in [0.2, 0.25) is 0 Å². The molecule has 0 amide bonds. The van der Waals surface area contributed by atoms with Gasteiger partial charge in [0.05, 0.1) is 0 Å². The van der Waals surface area contributed by atoms with Crippen LogP contribution in [0.25, 0.3) is 0 Å². The fourth-order valence-electron chi connectivity index (χ4n) is 2.99. The van der Waals surface area contributed by atoms with Gasteiger partial charge in [0.25, 0.3) is 0 Å². The minimum Gasteiger partial charge on any atom is -0.299 e. The Labute approximate surface area is 186 Å². The molecule has 0 bridgehead atoms. The molecule has 0 saturated heterocycles. The van der Waals surface area contributed by atoms with Gasteiger partial charge in [-0.3, -0.25) is 9.59 Å². The zero-order chi connectivity index (χ0) is 20.7. The van der Waals surface area contributed by atoms with E-state index in [2.05, 4.69) is 39.8 Å². The van der Waals surface area contributed by atoms with Crippen LogP contribution in [-0.2, 0) is 34.6 Å². The number of unbranched alkanes of at least 4 members (excludes halogenated alkanes) is 1. The molecule has 1 aromatic carbocycles. The van der Waals surface area contributed by atoms with E-state index in [1.807, 2.05) is 26.0 Å². The van der Waals surface area contributed by atoms with Crippen molar-refractivity contribution >= 4 is 11.6 Å². The fraction of sp³-hybridized carbons (Fsp3) is 0.680. The topological polar surface area (TPSA) is 34.1 Å². The van der Waals surface area contributed by atoms with E-state index in [0.717, 1.165) is 32.1 Å². The van der Waals surface area contributed by atoms with Crippen LogP contribution in [0.15, 0.2) is 24.3 Å². The SMILES string of the molecule is CC1C(=O)CCc2ccccc21.CC1CCCCC1=O.CCC.CCCC.[V]. The Hall–Kier alpha value is -0.856. The maximum absolute atomic E-state index is 11.4. The summed E-state index contributed by atoms with van der Waals surface area (Å²) in [4.78, 5) is 22.2. The molecule has 0 heterocycles. The van der Waals surface area contributed by atoms with Gasteiger partial charge < -0.3 is 0 Å². The molecule has 3 heteroatoms. The molecule has 1 saturated carbocycles. The molecular weight excluding hydrogens is 383 g/mol. The Bertz CT molecular complexity index is 537. The molecule has 2 aliphatic carbocycles. The normalized spacial score (nSPS) is 19.9. The number of carbonyl (C=O) groups excluding carboxylic acids is 2. The minimum atomic E-state index is 0. The first-order valence-electron chi connectivity index (χ1n) is 11.1. The van der Waals surface area contributed by atoms with Gasteiger partial charge in [-0.15, -0.1) is 0 Å². The fourth-order valence-corrected chi connectivity index (χ4v) is 2.99. The summed E-state index contributed by atoms with van der Waals surface area (Å²) < 4.78 is 0. The zero-order valence-corrected chi connectivity index (χ0v) is 20.5. The van der Waals surface area contributed by atoms with Crippen molar-refractivity contribution < 1.29 is 28.1 Å². The Balaban J connectivity index is 0. The van der Waals surface area contributed by atoms with Crippen LogP contribution in [0.1, 0.15) is 110 Å². The second-order valence-electron chi connectivity index (χ2n) is 7.71. The molecule has 0 aromatic heterocycles. The van der Waals surface area contributed by atoms with E-state index in [-0.39, 0.29) is 24.5 Å². The summed E-state index contributed by atoms with van der Waals surface area (Å²) >= 11 is 0. The molecule has 2 unspecified atom stereocenters. The van der Waals surface area contributed by atoms with Crippen molar-refractivity contribution in [2.24, 2.45) is 5.92 Å². The molecule has 1 radical (unpaired) electrons. The Morgan fingerprint density at radius 1 is 0.821 bits per heavy atom. The van der Waals surface area contributed by atoms with Gasteiger partial charge in [0.1, 0.15) is 11.6 Å². The average Bonchev–Trinajstić information content (AvgIpc) is 2.69. The number of rotatable bonds is 1. The van der Waals surface area contributed by atoms with Crippen LogP contribution in [0.5, 0.6) is 0 Å². The molecule has 1 fully saturated rings. The monoisotopic (exact) mass is 425 g/mol. The van der Waals surface area contributed by atoms with Gasteiger partial charge in [0.15, 0.2) is 0 Å². The van der Waals surface area contributed by atoms with E-state index in [9.17, 15) is 9.59 Å². The van der Waals surface area contributed by atoms with Crippen LogP contribution < -0.4 is 0 Å². The number of fused-ring (bicyclic) bond motifs is 1. The number of aryl methyl sites for hydroxylation is 1. The van der Waals surface area contributed by atoms with Crippen molar-refractivity contribution in [3.8, 4) is 0 Å². The van der Waals surface area contributed by atoms with E-state index in [1.54, 1.807) is 0 Å². The first-order chi connectivity index (χ1) is 12.9. The van der Waals surface area contributed by atoms with Gasteiger partial charge in [-0.2, -0.15) is 0 Å². The third kappa shape index (κ3) is 11.9. The number of Topliss-reactive ketones (excluding diaryl/α,β-unsaturated/α-hetero) is 2. The van der Waals surface area contributed by atoms with Crippen LogP contribution in [0.3, 0.4) is 0 Å². The van der Waals surface area contributed by atoms with Crippen molar-refractivity contribution in [1.29, 1.82) is 0 Å². The van der Waals surface area contributed by atoms with Crippen molar-refractivity contribution in [2.75, 3.05) is 0 Å². The summed E-state index contributed by atoms with van der Waals surface area (Å²) in [5.41, 5.74) is 2.58. The molecule has 0 aliphatic heterocycles. The standard InChI is InChI=1S/C11H12O.C7H12O.C4H10.C3H8.V/c1-8-10-5-3-2-4-9(10)6-7-11(8)12;1-6-4-2-3-5-7(6)8;1-3-4-2;1-3-2;/h2-5,8H,6-7H2,1H3;6H,2-5H2,1H3;3-4H2,1-2H3;3H2,1-2H3;. The third-order valence-electron chi connectivity index (χ3n) is 5.01. The first-order valence-corrected chi connectivity index (χ1v) is 11.1. The molecule has 3 rings (SSSR count). The van der Waals surface area contributed by atoms with E-state index in [4.69, 9.17) is 0 Å². The van der Waals surface area contributed by atoms with Crippen molar-refractivity contribution in [1.82, 2.24) is 0 Å².